The van der Waals surface area contributed by atoms with Crippen LogP contribution in [0.4, 0.5) is 0 Å². The SMILES string of the molecule is Cc1ocnc1C(=O)N1CCC[C@H]1c1cncc(CN(C)C)n1. The first kappa shape index (κ1) is 15.6. The van der Waals surface area contributed by atoms with Crippen molar-refractivity contribution in [1.82, 2.24) is 24.8 Å². The highest BCUT2D eigenvalue weighted by molar-refractivity contribution is 5.93. The second-order valence-corrected chi connectivity index (χ2v) is 6.09. The molecule has 3 heterocycles. The highest BCUT2D eigenvalue weighted by Gasteiger charge is 2.33. The zero-order chi connectivity index (χ0) is 16.4. The first-order chi connectivity index (χ1) is 11.1. The van der Waals surface area contributed by atoms with E-state index in [1.165, 1.54) is 6.39 Å². The molecule has 3 rings (SSSR count). The maximum absolute atomic E-state index is 12.7. The molecule has 23 heavy (non-hydrogen) atoms. The average molecular weight is 315 g/mol. The largest absolute Gasteiger partial charge is 0.448 e. The summed E-state index contributed by atoms with van der Waals surface area (Å²) >= 11 is 0. The number of amides is 1. The highest BCUT2D eigenvalue weighted by atomic mass is 16.3. The van der Waals surface area contributed by atoms with Crippen molar-refractivity contribution < 1.29 is 9.21 Å². The second kappa shape index (κ2) is 6.45. The fourth-order valence-corrected chi connectivity index (χ4v) is 2.95. The van der Waals surface area contributed by atoms with E-state index in [-0.39, 0.29) is 11.9 Å². The summed E-state index contributed by atoms with van der Waals surface area (Å²) in [6.45, 7) is 3.18. The topological polar surface area (TPSA) is 75.4 Å². The van der Waals surface area contributed by atoms with E-state index in [9.17, 15) is 4.79 Å². The summed E-state index contributed by atoms with van der Waals surface area (Å²) in [7, 11) is 3.99. The third-order valence-corrected chi connectivity index (χ3v) is 3.98. The predicted octanol–water partition coefficient (Wildman–Crippen LogP) is 1.81. The Bertz CT molecular complexity index is 697. The highest BCUT2D eigenvalue weighted by Crippen LogP contribution is 2.32. The van der Waals surface area contributed by atoms with E-state index in [0.29, 0.717) is 18.0 Å². The van der Waals surface area contributed by atoms with Crippen LogP contribution in [0, 0.1) is 6.92 Å². The van der Waals surface area contributed by atoms with Crippen LogP contribution in [0.5, 0.6) is 0 Å². The lowest BCUT2D eigenvalue weighted by atomic mass is 10.1. The number of likely N-dealkylation sites (tertiary alicyclic amines) is 1. The van der Waals surface area contributed by atoms with Crippen molar-refractivity contribution in [2.45, 2.75) is 32.4 Å². The molecule has 0 unspecified atom stereocenters. The Labute approximate surface area is 135 Å². The van der Waals surface area contributed by atoms with Gasteiger partial charge in [-0.15, -0.1) is 0 Å². The van der Waals surface area contributed by atoms with E-state index in [0.717, 1.165) is 30.8 Å². The fraction of sp³-hybridized carbons (Fsp3) is 0.500. The van der Waals surface area contributed by atoms with Crippen LogP contribution in [0.15, 0.2) is 23.2 Å². The van der Waals surface area contributed by atoms with Crippen LogP contribution in [0.1, 0.15) is 46.5 Å². The number of oxazole rings is 1. The second-order valence-electron chi connectivity index (χ2n) is 6.09. The number of hydrogen-bond donors (Lipinski definition) is 0. The lowest BCUT2D eigenvalue weighted by Crippen LogP contribution is -2.32. The van der Waals surface area contributed by atoms with Crippen LogP contribution >= 0.6 is 0 Å². The Morgan fingerprint density at radius 1 is 1.43 bits per heavy atom. The zero-order valence-electron chi connectivity index (χ0n) is 13.7. The minimum absolute atomic E-state index is 0.0480. The van der Waals surface area contributed by atoms with Crippen LogP contribution in [0.25, 0.3) is 0 Å². The number of carbonyl (C=O) groups is 1. The molecule has 1 aliphatic rings. The van der Waals surface area contributed by atoms with E-state index in [2.05, 4.69) is 15.0 Å². The van der Waals surface area contributed by atoms with Crippen LogP contribution in [0.3, 0.4) is 0 Å². The van der Waals surface area contributed by atoms with E-state index in [1.54, 1.807) is 19.3 Å². The van der Waals surface area contributed by atoms with Gasteiger partial charge in [-0.25, -0.2) is 4.98 Å². The maximum Gasteiger partial charge on any atom is 0.276 e. The molecule has 1 atom stereocenters. The van der Waals surface area contributed by atoms with Crippen molar-refractivity contribution in [1.29, 1.82) is 0 Å². The number of aromatic nitrogens is 3. The van der Waals surface area contributed by atoms with Crippen molar-refractivity contribution in [3.8, 4) is 0 Å². The summed E-state index contributed by atoms with van der Waals surface area (Å²) in [6.07, 6.45) is 6.68. The maximum atomic E-state index is 12.7. The van der Waals surface area contributed by atoms with Gasteiger partial charge in [-0.1, -0.05) is 0 Å². The number of hydrogen-bond acceptors (Lipinski definition) is 6. The normalized spacial score (nSPS) is 17.9. The van der Waals surface area contributed by atoms with Crippen molar-refractivity contribution in [3.05, 3.63) is 41.6 Å². The van der Waals surface area contributed by atoms with Crippen molar-refractivity contribution in [2.75, 3.05) is 20.6 Å². The van der Waals surface area contributed by atoms with Crippen molar-refractivity contribution >= 4 is 5.91 Å². The minimum atomic E-state index is -0.0986. The molecular formula is C16H21N5O2. The molecule has 1 aliphatic heterocycles. The van der Waals surface area contributed by atoms with Crippen LogP contribution in [-0.4, -0.2) is 51.3 Å². The quantitative estimate of drug-likeness (QED) is 0.856. The third kappa shape index (κ3) is 3.24. The first-order valence-electron chi connectivity index (χ1n) is 7.73. The van der Waals surface area contributed by atoms with Gasteiger partial charge in [0.05, 0.1) is 23.6 Å². The molecule has 122 valence electrons. The zero-order valence-corrected chi connectivity index (χ0v) is 13.7. The predicted molar refractivity (Wildman–Crippen MR) is 83.7 cm³/mol. The van der Waals surface area contributed by atoms with Gasteiger partial charge in [0.25, 0.3) is 5.91 Å². The fourth-order valence-electron chi connectivity index (χ4n) is 2.95. The third-order valence-electron chi connectivity index (χ3n) is 3.98. The Balaban J connectivity index is 1.84. The van der Waals surface area contributed by atoms with Crippen LogP contribution in [-0.2, 0) is 6.54 Å². The van der Waals surface area contributed by atoms with E-state index < -0.39 is 0 Å². The van der Waals surface area contributed by atoms with Gasteiger partial charge in [0.2, 0.25) is 0 Å². The number of rotatable bonds is 4. The summed E-state index contributed by atoms with van der Waals surface area (Å²) < 4.78 is 5.16. The number of nitrogens with zero attached hydrogens (tertiary/aromatic N) is 5. The molecule has 0 radical (unpaired) electrons. The molecule has 0 bridgehead atoms. The lowest BCUT2D eigenvalue weighted by Gasteiger charge is -2.24. The molecule has 1 saturated heterocycles. The molecular weight excluding hydrogens is 294 g/mol. The molecule has 2 aromatic heterocycles. The van der Waals surface area contributed by atoms with Gasteiger partial charge in [0.15, 0.2) is 12.1 Å². The summed E-state index contributed by atoms with van der Waals surface area (Å²) in [5.41, 5.74) is 2.13. The minimum Gasteiger partial charge on any atom is -0.448 e. The average Bonchev–Trinajstić information content (AvgIpc) is 3.15. The molecule has 0 saturated carbocycles. The molecule has 1 fully saturated rings. The van der Waals surface area contributed by atoms with Gasteiger partial charge < -0.3 is 14.2 Å². The van der Waals surface area contributed by atoms with Gasteiger partial charge in [0, 0.05) is 19.3 Å². The number of carbonyl (C=O) groups excluding carboxylic acids is 1. The number of aryl methyl sites for hydroxylation is 1. The molecule has 0 N–H and O–H groups in total. The molecule has 0 aromatic carbocycles. The van der Waals surface area contributed by atoms with Crippen LogP contribution in [0.2, 0.25) is 0 Å². The first-order valence-corrected chi connectivity index (χ1v) is 7.73. The molecule has 0 spiro atoms. The van der Waals surface area contributed by atoms with E-state index >= 15 is 0 Å². The summed E-state index contributed by atoms with van der Waals surface area (Å²) in [6, 6.07) is -0.0480. The molecule has 0 aliphatic carbocycles. The Hall–Kier alpha value is -2.28. The summed E-state index contributed by atoms with van der Waals surface area (Å²) in [4.78, 5) is 29.6. The molecule has 7 heteroatoms. The Morgan fingerprint density at radius 2 is 2.26 bits per heavy atom. The van der Waals surface area contributed by atoms with Crippen molar-refractivity contribution in [3.63, 3.8) is 0 Å². The van der Waals surface area contributed by atoms with Gasteiger partial charge in [-0.05, 0) is 33.9 Å². The lowest BCUT2D eigenvalue weighted by molar-refractivity contribution is 0.0725. The van der Waals surface area contributed by atoms with Gasteiger partial charge in [-0.2, -0.15) is 0 Å². The van der Waals surface area contributed by atoms with Gasteiger partial charge in [-0.3, -0.25) is 14.8 Å². The monoisotopic (exact) mass is 315 g/mol. The smallest absolute Gasteiger partial charge is 0.276 e. The van der Waals surface area contributed by atoms with E-state index in [1.807, 2.05) is 23.9 Å². The van der Waals surface area contributed by atoms with Crippen LogP contribution < -0.4 is 0 Å². The van der Waals surface area contributed by atoms with E-state index in [4.69, 9.17) is 4.42 Å². The Kier molecular flexibility index (Phi) is 4.38. The Morgan fingerprint density at radius 3 is 2.96 bits per heavy atom. The molecule has 7 nitrogen and oxygen atoms in total. The molecule has 1 amide bonds. The van der Waals surface area contributed by atoms with Crippen molar-refractivity contribution in [2.24, 2.45) is 0 Å². The molecule has 2 aromatic rings. The van der Waals surface area contributed by atoms with Gasteiger partial charge in [0.1, 0.15) is 5.76 Å². The van der Waals surface area contributed by atoms with Gasteiger partial charge >= 0.3 is 0 Å². The standard InChI is InChI=1S/C16H21N5O2/c1-11-15(18-10-23-11)16(22)21-6-4-5-14(21)13-8-17-7-12(19-13)9-20(2)3/h7-8,10,14H,4-6,9H2,1-3H3/t14-/m0/s1. The summed E-state index contributed by atoms with van der Waals surface area (Å²) in [5, 5.41) is 0. The summed E-state index contributed by atoms with van der Waals surface area (Å²) in [5.74, 6) is 0.451.